The van der Waals surface area contributed by atoms with Gasteiger partial charge in [0.25, 0.3) is 5.91 Å². The maximum atomic E-state index is 12.1. The third kappa shape index (κ3) is 6.27. The number of hydrogen-bond acceptors (Lipinski definition) is 3. The van der Waals surface area contributed by atoms with E-state index in [1.165, 1.54) is 18.0 Å². The van der Waals surface area contributed by atoms with Gasteiger partial charge in [-0.15, -0.1) is 0 Å². The van der Waals surface area contributed by atoms with Crippen molar-refractivity contribution in [2.24, 2.45) is 0 Å². The van der Waals surface area contributed by atoms with Crippen molar-refractivity contribution in [3.63, 3.8) is 0 Å². The number of amides is 3. The van der Waals surface area contributed by atoms with Crippen molar-refractivity contribution >= 4 is 46.6 Å². The average Bonchev–Trinajstić information content (AvgIpc) is 2.63. The summed E-state index contributed by atoms with van der Waals surface area (Å²) < 4.78 is 0. The molecule has 0 aliphatic rings. The second kappa shape index (κ2) is 9.39. The van der Waals surface area contributed by atoms with Gasteiger partial charge in [0.15, 0.2) is 0 Å². The van der Waals surface area contributed by atoms with Crippen LogP contribution in [0.4, 0.5) is 5.69 Å². The summed E-state index contributed by atoms with van der Waals surface area (Å²) in [6, 6.07) is 11.7. The predicted octanol–water partition coefficient (Wildman–Crippen LogP) is 3.13. The van der Waals surface area contributed by atoms with Crippen LogP contribution < -0.4 is 10.6 Å². The van der Waals surface area contributed by atoms with Crippen molar-refractivity contribution in [1.82, 2.24) is 10.2 Å². The second-order valence-electron chi connectivity index (χ2n) is 5.98. The SMILES string of the molecule is Cc1ccc(C(=O)NCC(=O)N(C)CC(=O)Nc2ccc(Cl)c(Cl)c2)cc1. The minimum Gasteiger partial charge on any atom is -0.343 e. The Hall–Kier alpha value is -2.57. The van der Waals surface area contributed by atoms with Gasteiger partial charge in [0.2, 0.25) is 11.8 Å². The van der Waals surface area contributed by atoms with Gasteiger partial charge in [-0.3, -0.25) is 14.4 Å². The fraction of sp³-hybridized carbons (Fsp3) is 0.211. The van der Waals surface area contributed by atoms with Gasteiger partial charge in [-0.05, 0) is 37.3 Å². The maximum absolute atomic E-state index is 12.1. The van der Waals surface area contributed by atoms with Gasteiger partial charge >= 0.3 is 0 Å². The van der Waals surface area contributed by atoms with Crippen molar-refractivity contribution in [2.45, 2.75) is 6.92 Å². The zero-order valence-corrected chi connectivity index (χ0v) is 16.4. The Morgan fingerprint density at radius 3 is 2.30 bits per heavy atom. The van der Waals surface area contributed by atoms with Gasteiger partial charge in [-0.25, -0.2) is 0 Å². The molecule has 0 saturated carbocycles. The first-order valence-corrected chi connectivity index (χ1v) is 8.85. The highest BCUT2D eigenvalue weighted by atomic mass is 35.5. The minimum atomic E-state index is -0.394. The summed E-state index contributed by atoms with van der Waals surface area (Å²) in [5.41, 5.74) is 1.98. The molecule has 27 heavy (non-hydrogen) atoms. The second-order valence-corrected chi connectivity index (χ2v) is 6.79. The van der Waals surface area contributed by atoms with Gasteiger partial charge in [0, 0.05) is 18.3 Å². The van der Waals surface area contributed by atoms with Crippen molar-refractivity contribution < 1.29 is 14.4 Å². The highest BCUT2D eigenvalue weighted by Gasteiger charge is 2.15. The smallest absolute Gasteiger partial charge is 0.251 e. The highest BCUT2D eigenvalue weighted by Crippen LogP contribution is 2.24. The van der Waals surface area contributed by atoms with E-state index in [-0.39, 0.29) is 24.9 Å². The first-order chi connectivity index (χ1) is 12.8. The van der Waals surface area contributed by atoms with Crippen LogP contribution in [0.25, 0.3) is 0 Å². The molecule has 6 nitrogen and oxygen atoms in total. The number of rotatable bonds is 6. The number of carbonyl (C=O) groups excluding carboxylic acids is 3. The van der Waals surface area contributed by atoms with E-state index >= 15 is 0 Å². The van der Waals surface area contributed by atoms with Crippen LogP contribution in [0.5, 0.6) is 0 Å². The number of anilines is 1. The number of nitrogens with one attached hydrogen (secondary N) is 2. The number of carbonyl (C=O) groups is 3. The Kier molecular flexibility index (Phi) is 7.21. The van der Waals surface area contributed by atoms with Crippen LogP contribution in [-0.2, 0) is 9.59 Å². The molecular formula is C19H19Cl2N3O3. The number of aryl methyl sites for hydroxylation is 1. The highest BCUT2D eigenvalue weighted by molar-refractivity contribution is 6.42. The molecule has 0 radical (unpaired) electrons. The molecule has 2 rings (SSSR count). The third-order valence-corrected chi connectivity index (χ3v) is 4.46. The van der Waals surface area contributed by atoms with Crippen LogP contribution in [0.2, 0.25) is 10.0 Å². The van der Waals surface area contributed by atoms with Crippen molar-refractivity contribution in [1.29, 1.82) is 0 Å². The molecule has 0 aliphatic carbocycles. The lowest BCUT2D eigenvalue weighted by molar-refractivity contribution is -0.132. The summed E-state index contributed by atoms with van der Waals surface area (Å²) >= 11 is 11.7. The Morgan fingerprint density at radius 2 is 1.67 bits per heavy atom. The van der Waals surface area contributed by atoms with Gasteiger partial charge in [-0.2, -0.15) is 0 Å². The molecule has 8 heteroatoms. The van der Waals surface area contributed by atoms with E-state index in [1.54, 1.807) is 24.3 Å². The minimum absolute atomic E-state index is 0.167. The van der Waals surface area contributed by atoms with E-state index in [9.17, 15) is 14.4 Å². The van der Waals surface area contributed by atoms with Crippen molar-refractivity contribution in [3.05, 3.63) is 63.6 Å². The lowest BCUT2D eigenvalue weighted by atomic mass is 10.1. The number of halogens is 2. The number of likely N-dealkylation sites (N-methyl/N-ethyl adjacent to an activating group) is 1. The molecule has 3 amide bonds. The summed E-state index contributed by atoms with van der Waals surface area (Å²) in [6.07, 6.45) is 0. The van der Waals surface area contributed by atoms with E-state index in [2.05, 4.69) is 10.6 Å². The molecule has 0 fully saturated rings. The van der Waals surface area contributed by atoms with Crippen LogP contribution in [0.15, 0.2) is 42.5 Å². The molecule has 142 valence electrons. The number of nitrogens with zero attached hydrogens (tertiary/aromatic N) is 1. The molecule has 0 atom stereocenters. The standard InChI is InChI=1S/C19H19Cl2N3O3/c1-12-3-5-13(6-4-12)19(27)22-10-18(26)24(2)11-17(25)23-14-7-8-15(20)16(21)9-14/h3-9H,10-11H2,1-2H3,(H,22,27)(H,23,25). The summed E-state index contributed by atoms with van der Waals surface area (Å²) in [5.74, 6) is -1.13. The van der Waals surface area contributed by atoms with E-state index in [0.717, 1.165) is 5.56 Å². The summed E-state index contributed by atoms with van der Waals surface area (Å²) in [4.78, 5) is 37.4. The van der Waals surface area contributed by atoms with Crippen LogP contribution in [0.3, 0.4) is 0 Å². The molecule has 0 aromatic heterocycles. The first-order valence-electron chi connectivity index (χ1n) is 8.10. The molecule has 0 heterocycles. The Bertz CT molecular complexity index is 854. The quantitative estimate of drug-likeness (QED) is 0.771. The van der Waals surface area contributed by atoms with Crippen LogP contribution in [-0.4, -0.2) is 42.8 Å². The molecule has 0 spiro atoms. The van der Waals surface area contributed by atoms with Crippen LogP contribution >= 0.6 is 23.2 Å². The normalized spacial score (nSPS) is 10.2. The van der Waals surface area contributed by atoms with E-state index < -0.39 is 5.91 Å². The van der Waals surface area contributed by atoms with Crippen molar-refractivity contribution in [2.75, 3.05) is 25.5 Å². The number of benzene rings is 2. The van der Waals surface area contributed by atoms with Gasteiger partial charge in [0.1, 0.15) is 0 Å². The topological polar surface area (TPSA) is 78.5 Å². The maximum Gasteiger partial charge on any atom is 0.251 e. The predicted molar refractivity (Wildman–Crippen MR) is 106 cm³/mol. The largest absolute Gasteiger partial charge is 0.343 e. The van der Waals surface area contributed by atoms with Gasteiger partial charge < -0.3 is 15.5 Å². The van der Waals surface area contributed by atoms with Crippen molar-refractivity contribution in [3.8, 4) is 0 Å². The molecular weight excluding hydrogens is 389 g/mol. The summed E-state index contributed by atoms with van der Waals surface area (Å²) in [5, 5.41) is 5.87. The van der Waals surface area contributed by atoms with E-state index in [4.69, 9.17) is 23.2 Å². The van der Waals surface area contributed by atoms with Crippen LogP contribution in [0.1, 0.15) is 15.9 Å². The zero-order chi connectivity index (χ0) is 20.0. The van der Waals surface area contributed by atoms with Gasteiger partial charge in [0.05, 0.1) is 23.1 Å². The summed E-state index contributed by atoms with van der Waals surface area (Å²) in [6.45, 7) is 1.55. The monoisotopic (exact) mass is 407 g/mol. The fourth-order valence-electron chi connectivity index (χ4n) is 2.18. The van der Waals surface area contributed by atoms with Crippen LogP contribution in [0, 0.1) is 6.92 Å². The molecule has 0 aliphatic heterocycles. The first kappa shape index (κ1) is 20.7. The zero-order valence-electron chi connectivity index (χ0n) is 14.9. The number of hydrogen-bond donors (Lipinski definition) is 2. The lowest BCUT2D eigenvalue weighted by Crippen LogP contribution is -2.41. The fourth-order valence-corrected chi connectivity index (χ4v) is 2.47. The Balaban J connectivity index is 1.82. The third-order valence-electron chi connectivity index (χ3n) is 3.72. The molecule has 0 saturated heterocycles. The average molecular weight is 408 g/mol. The Labute approximate surface area is 167 Å². The molecule has 2 aromatic carbocycles. The lowest BCUT2D eigenvalue weighted by Gasteiger charge is -2.17. The molecule has 2 aromatic rings. The summed E-state index contributed by atoms with van der Waals surface area (Å²) in [7, 11) is 1.48. The van der Waals surface area contributed by atoms with Gasteiger partial charge in [-0.1, -0.05) is 40.9 Å². The Morgan fingerprint density at radius 1 is 1.00 bits per heavy atom. The van der Waals surface area contributed by atoms with E-state index in [0.29, 0.717) is 21.3 Å². The molecule has 0 unspecified atom stereocenters. The molecule has 0 bridgehead atoms. The molecule has 2 N–H and O–H groups in total. The van der Waals surface area contributed by atoms with E-state index in [1.807, 2.05) is 19.1 Å².